The lowest BCUT2D eigenvalue weighted by Crippen LogP contribution is -2.37. The first-order chi connectivity index (χ1) is 16.4. The maximum atomic E-state index is 12.8. The fourth-order valence-corrected chi connectivity index (χ4v) is 5.78. The van der Waals surface area contributed by atoms with Gasteiger partial charge in [0.2, 0.25) is 10.0 Å². The first kappa shape index (κ1) is 22.3. The Morgan fingerprint density at radius 3 is 2.59 bits per heavy atom. The summed E-state index contributed by atoms with van der Waals surface area (Å²) in [5, 5.41) is 4.26. The minimum absolute atomic E-state index is 0.148. The largest absolute Gasteiger partial charge is 0.322 e. The standard InChI is InChI=1S/C25H21ClN4O3S/c26-22-12-9-19(15-21(22)24-27-16-18-5-1-2-6-23(18)29-24)28-25(31)17-7-10-20(11-8-17)30-13-3-4-14-34(30,32)33/h1-2,5-12,15-16H,3-4,13-14H2,(H,28,31). The first-order valence-corrected chi connectivity index (χ1v) is 12.8. The Hall–Kier alpha value is -3.49. The number of para-hydroxylation sites is 1. The van der Waals surface area contributed by atoms with Gasteiger partial charge in [0.25, 0.3) is 5.91 Å². The highest BCUT2D eigenvalue weighted by Crippen LogP contribution is 2.30. The summed E-state index contributed by atoms with van der Waals surface area (Å²) < 4.78 is 26.0. The number of halogens is 1. The summed E-state index contributed by atoms with van der Waals surface area (Å²) in [5.74, 6) is 0.294. The van der Waals surface area contributed by atoms with E-state index < -0.39 is 10.0 Å². The highest BCUT2D eigenvalue weighted by Gasteiger charge is 2.26. The Morgan fingerprint density at radius 2 is 1.79 bits per heavy atom. The zero-order valence-electron chi connectivity index (χ0n) is 18.1. The van der Waals surface area contributed by atoms with Crippen molar-refractivity contribution in [2.75, 3.05) is 21.9 Å². The van der Waals surface area contributed by atoms with E-state index in [1.807, 2.05) is 24.3 Å². The van der Waals surface area contributed by atoms with Gasteiger partial charge in [0.1, 0.15) is 0 Å². The van der Waals surface area contributed by atoms with Crippen molar-refractivity contribution in [1.82, 2.24) is 9.97 Å². The molecule has 172 valence electrons. The topological polar surface area (TPSA) is 92.3 Å². The molecule has 2 heterocycles. The molecule has 0 spiro atoms. The molecule has 1 aromatic heterocycles. The molecule has 0 aliphatic carbocycles. The zero-order chi connectivity index (χ0) is 23.7. The number of amides is 1. The first-order valence-electron chi connectivity index (χ1n) is 10.8. The minimum Gasteiger partial charge on any atom is -0.322 e. The summed E-state index contributed by atoms with van der Waals surface area (Å²) in [7, 11) is -3.30. The lowest BCUT2D eigenvalue weighted by atomic mass is 10.1. The van der Waals surface area contributed by atoms with E-state index in [1.165, 1.54) is 4.31 Å². The normalized spacial score (nSPS) is 15.3. The number of aromatic nitrogens is 2. The molecule has 4 aromatic rings. The fraction of sp³-hybridized carbons (Fsp3) is 0.160. The summed E-state index contributed by atoms with van der Waals surface area (Å²) in [5.41, 5.74) is 2.93. The molecule has 0 unspecified atom stereocenters. The van der Waals surface area contributed by atoms with Gasteiger partial charge in [-0.2, -0.15) is 0 Å². The van der Waals surface area contributed by atoms with Crippen molar-refractivity contribution in [3.63, 3.8) is 0 Å². The molecular weight excluding hydrogens is 472 g/mol. The van der Waals surface area contributed by atoms with Gasteiger partial charge in [0.05, 0.1) is 22.0 Å². The lowest BCUT2D eigenvalue weighted by molar-refractivity contribution is 0.102. The Morgan fingerprint density at radius 1 is 1.00 bits per heavy atom. The fourth-order valence-electron chi connectivity index (χ4n) is 3.94. The third kappa shape index (κ3) is 4.47. The zero-order valence-corrected chi connectivity index (χ0v) is 19.7. The minimum atomic E-state index is -3.30. The van der Waals surface area contributed by atoms with E-state index in [4.69, 9.17) is 11.6 Å². The Labute approximate surface area is 202 Å². The van der Waals surface area contributed by atoms with Gasteiger partial charge in [-0.15, -0.1) is 0 Å². The smallest absolute Gasteiger partial charge is 0.255 e. The summed E-state index contributed by atoms with van der Waals surface area (Å²) in [6.45, 7) is 0.457. The van der Waals surface area contributed by atoms with Crippen molar-refractivity contribution in [3.8, 4) is 11.4 Å². The van der Waals surface area contributed by atoms with E-state index in [-0.39, 0.29) is 11.7 Å². The number of hydrogen-bond donors (Lipinski definition) is 1. The van der Waals surface area contributed by atoms with Gasteiger partial charge in [-0.1, -0.05) is 29.8 Å². The maximum absolute atomic E-state index is 12.8. The lowest BCUT2D eigenvalue weighted by Gasteiger charge is -2.28. The van der Waals surface area contributed by atoms with Crippen LogP contribution in [0.5, 0.6) is 0 Å². The van der Waals surface area contributed by atoms with Crippen LogP contribution in [0.4, 0.5) is 11.4 Å². The predicted octanol–water partition coefficient (Wildman–Crippen LogP) is 5.13. The summed E-state index contributed by atoms with van der Waals surface area (Å²) in [6.07, 6.45) is 3.23. The molecule has 1 fully saturated rings. The number of rotatable bonds is 4. The third-order valence-electron chi connectivity index (χ3n) is 5.72. The summed E-state index contributed by atoms with van der Waals surface area (Å²) in [6, 6.07) is 19.4. The van der Waals surface area contributed by atoms with E-state index >= 15 is 0 Å². The van der Waals surface area contributed by atoms with Crippen LogP contribution >= 0.6 is 11.6 Å². The van der Waals surface area contributed by atoms with Crippen molar-refractivity contribution in [2.24, 2.45) is 0 Å². The molecule has 9 heteroatoms. The molecule has 1 aliphatic rings. The van der Waals surface area contributed by atoms with E-state index in [1.54, 1.807) is 48.7 Å². The van der Waals surface area contributed by atoms with Gasteiger partial charge in [0, 0.05) is 34.9 Å². The molecule has 34 heavy (non-hydrogen) atoms. The maximum Gasteiger partial charge on any atom is 0.255 e. The van der Waals surface area contributed by atoms with Crippen molar-refractivity contribution in [3.05, 3.63) is 83.5 Å². The molecule has 0 atom stereocenters. The van der Waals surface area contributed by atoms with E-state index in [9.17, 15) is 13.2 Å². The molecule has 1 N–H and O–H groups in total. The number of nitrogens with one attached hydrogen (secondary N) is 1. The van der Waals surface area contributed by atoms with Crippen LogP contribution in [0.2, 0.25) is 5.02 Å². The number of hydrogen-bond acceptors (Lipinski definition) is 5. The van der Waals surface area contributed by atoms with Crippen LogP contribution in [0.15, 0.2) is 72.9 Å². The molecule has 5 rings (SSSR count). The molecule has 1 saturated heterocycles. The number of carbonyl (C=O) groups excluding carboxylic acids is 1. The second-order valence-corrected chi connectivity index (χ2v) is 10.5. The third-order valence-corrected chi connectivity index (χ3v) is 7.92. The number of sulfonamides is 1. The van der Waals surface area contributed by atoms with Crippen molar-refractivity contribution < 1.29 is 13.2 Å². The van der Waals surface area contributed by atoms with Crippen molar-refractivity contribution in [1.29, 1.82) is 0 Å². The van der Waals surface area contributed by atoms with Gasteiger partial charge in [-0.25, -0.2) is 18.4 Å². The second-order valence-electron chi connectivity index (χ2n) is 8.04. The Balaban J connectivity index is 1.36. The van der Waals surface area contributed by atoms with Gasteiger partial charge in [-0.05, 0) is 61.4 Å². The number of fused-ring (bicyclic) bond motifs is 1. The molecule has 1 amide bonds. The van der Waals surface area contributed by atoms with E-state index in [0.717, 1.165) is 17.3 Å². The monoisotopic (exact) mass is 492 g/mol. The van der Waals surface area contributed by atoms with Crippen LogP contribution in [-0.2, 0) is 10.0 Å². The summed E-state index contributed by atoms with van der Waals surface area (Å²) >= 11 is 6.40. The molecule has 3 aromatic carbocycles. The predicted molar refractivity (Wildman–Crippen MR) is 135 cm³/mol. The van der Waals surface area contributed by atoms with E-state index in [2.05, 4.69) is 15.3 Å². The number of nitrogens with zero attached hydrogens (tertiary/aromatic N) is 3. The van der Waals surface area contributed by atoms with Crippen LogP contribution in [0.3, 0.4) is 0 Å². The van der Waals surface area contributed by atoms with Crippen LogP contribution in [0.1, 0.15) is 23.2 Å². The average Bonchev–Trinajstić information content (AvgIpc) is 2.85. The molecular formula is C25H21ClN4O3S. The van der Waals surface area contributed by atoms with Crippen molar-refractivity contribution >= 4 is 49.8 Å². The quantitative estimate of drug-likeness (QED) is 0.426. The Bertz CT molecular complexity index is 1490. The number of benzene rings is 3. The second kappa shape index (κ2) is 9.04. The van der Waals surface area contributed by atoms with E-state index in [0.29, 0.717) is 46.3 Å². The van der Waals surface area contributed by atoms with Crippen LogP contribution < -0.4 is 9.62 Å². The molecule has 1 aliphatic heterocycles. The highest BCUT2D eigenvalue weighted by molar-refractivity contribution is 7.92. The number of anilines is 2. The summed E-state index contributed by atoms with van der Waals surface area (Å²) in [4.78, 5) is 21.8. The molecule has 0 saturated carbocycles. The van der Waals surface area contributed by atoms with Gasteiger partial charge < -0.3 is 5.32 Å². The average molecular weight is 493 g/mol. The Kier molecular flexibility index (Phi) is 5.93. The van der Waals surface area contributed by atoms with Gasteiger partial charge >= 0.3 is 0 Å². The van der Waals surface area contributed by atoms with Crippen LogP contribution in [0.25, 0.3) is 22.3 Å². The molecule has 7 nitrogen and oxygen atoms in total. The highest BCUT2D eigenvalue weighted by atomic mass is 35.5. The van der Waals surface area contributed by atoms with Crippen LogP contribution in [-0.4, -0.2) is 36.6 Å². The van der Waals surface area contributed by atoms with Crippen molar-refractivity contribution in [2.45, 2.75) is 12.8 Å². The van der Waals surface area contributed by atoms with Gasteiger partial charge in [-0.3, -0.25) is 9.10 Å². The SMILES string of the molecule is O=C(Nc1ccc(Cl)c(-c2ncc3ccccc3n2)c1)c1ccc(N2CCCCS2(=O)=O)cc1. The molecule has 0 bridgehead atoms. The number of carbonyl (C=O) groups is 1. The molecule has 0 radical (unpaired) electrons. The van der Waals surface area contributed by atoms with Gasteiger partial charge in [0.15, 0.2) is 5.82 Å². The van der Waals surface area contributed by atoms with Crippen LogP contribution in [0, 0.1) is 0 Å².